The van der Waals surface area contributed by atoms with Crippen molar-refractivity contribution < 1.29 is 47.6 Å². The molecule has 0 spiro atoms. The Kier molecular flexibility index (Phi) is 9.86. The van der Waals surface area contributed by atoms with Crippen molar-refractivity contribution in [1.82, 2.24) is 5.32 Å². The molecular weight excluding hydrogens is 568 g/mol. The van der Waals surface area contributed by atoms with E-state index < -0.39 is 36.9 Å². The van der Waals surface area contributed by atoms with Crippen molar-refractivity contribution in [3.05, 3.63) is 63.5 Å². The van der Waals surface area contributed by atoms with Gasteiger partial charge >= 0.3 is 11.9 Å². The van der Waals surface area contributed by atoms with E-state index in [0.717, 1.165) is 10.4 Å². The van der Waals surface area contributed by atoms with Crippen LogP contribution < -0.4 is 29.6 Å². The first kappa shape index (κ1) is 30.2. The minimum atomic E-state index is -0.824. The fourth-order valence-electron chi connectivity index (χ4n) is 4.09. The number of carbonyl (C=O) groups is 4. The molecule has 0 radical (unpaired) electrons. The number of anilines is 1. The quantitative estimate of drug-likeness (QED) is 0.297. The maximum atomic E-state index is 12.8. The van der Waals surface area contributed by atoms with Gasteiger partial charge < -0.3 is 39.1 Å². The van der Waals surface area contributed by atoms with Crippen LogP contribution in [0.15, 0.2) is 36.4 Å². The van der Waals surface area contributed by atoms with E-state index in [2.05, 4.69) is 10.6 Å². The lowest BCUT2D eigenvalue weighted by Crippen LogP contribution is -2.32. The van der Waals surface area contributed by atoms with E-state index in [9.17, 15) is 19.2 Å². The summed E-state index contributed by atoms with van der Waals surface area (Å²) in [4.78, 5) is 50.9. The fraction of sp³-hybridized carbons (Fsp3) is 0.310. The summed E-state index contributed by atoms with van der Waals surface area (Å²) in [6.07, 6.45) is 0.476. The Bertz CT molecular complexity index is 1500. The summed E-state index contributed by atoms with van der Waals surface area (Å²) in [5, 5.41) is 5.36. The Morgan fingerprint density at radius 3 is 2.45 bits per heavy atom. The summed E-state index contributed by atoms with van der Waals surface area (Å²) in [5.41, 5.74) is 2.08. The minimum Gasteiger partial charge on any atom is -0.493 e. The molecule has 2 N–H and O–H groups in total. The van der Waals surface area contributed by atoms with Crippen LogP contribution in [0, 0.1) is 6.92 Å². The zero-order chi connectivity index (χ0) is 30.2. The SMILES string of the molecule is CCOC(=O)c1c(NC(=O)COC(=O)CNC(=O)c2ccc(OC)c(OC)c2)sc(Cc2ccc3c(c2)OCO3)c1C. The van der Waals surface area contributed by atoms with E-state index in [0.29, 0.717) is 35.0 Å². The molecule has 42 heavy (non-hydrogen) atoms. The summed E-state index contributed by atoms with van der Waals surface area (Å²) in [6, 6.07) is 10.1. The van der Waals surface area contributed by atoms with Gasteiger partial charge in [0.1, 0.15) is 11.5 Å². The molecule has 222 valence electrons. The molecule has 2 amide bonds. The van der Waals surface area contributed by atoms with Crippen LogP contribution in [-0.2, 0) is 25.5 Å². The van der Waals surface area contributed by atoms with Crippen LogP contribution in [0.25, 0.3) is 0 Å². The maximum Gasteiger partial charge on any atom is 0.341 e. The largest absolute Gasteiger partial charge is 0.493 e. The molecule has 0 unspecified atom stereocenters. The van der Waals surface area contributed by atoms with E-state index in [1.165, 1.54) is 37.7 Å². The van der Waals surface area contributed by atoms with E-state index in [4.69, 9.17) is 28.4 Å². The topological polar surface area (TPSA) is 148 Å². The highest BCUT2D eigenvalue weighted by molar-refractivity contribution is 7.17. The number of nitrogens with one attached hydrogen (secondary N) is 2. The molecule has 0 aliphatic carbocycles. The number of carbonyl (C=O) groups excluding carboxylic acids is 4. The average molecular weight is 599 g/mol. The van der Waals surface area contributed by atoms with Crippen molar-refractivity contribution in [2.75, 3.05) is 46.1 Å². The van der Waals surface area contributed by atoms with Crippen LogP contribution >= 0.6 is 11.3 Å². The molecule has 13 heteroatoms. The van der Waals surface area contributed by atoms with E-state index in [-0.39, 0.29) is 29.5 Å². The second-order valence-corrected chi connectivity index (χ2v) is 10.0. The second-order valence-electron chi connectivity index (χ2n) is 8.90. The zero-order valence-electron chi connectivity index (χ0n) is 23.5. The highest BCUT2D eigenvalue weighted by atomic mass is 32.1. The molecule has 0 atom stereocenters. The predicted octanol–water partition coefficient (Wildman–Crippen LogP) is 3.48. The van der Waals surface area contributed by atoms with Crippen LogP contribution in [0.2, 0.25) is 0 Å². The first-order chi connectivity index (χ1) is 20.2. The van der Waals surface area contributed by atoms with Crippen molar-refractivity contribution in [3.63, 3.8) is 0 Å². The molecule has 0 saturated carbocycles. The highest BCUT2D eigenvalue weighted by Crippen LogP contribution is 2.37. The van der Waals surface area contributed by atoms with Gasteiger partial charge in [-0.05, 0) is 55.3 Å². The first-order valence-corrected chi connectivity index (χ1v) is 13.7. The lowest BCUT2D eigenvalue weighted by Gasteiger charge is -2.10. The van der Waals surface area contributed by atoms with Gasteiger partial charge in [0.25, 0.3) is 11.8 Å². The van der Waals surface area contributed by atoms with Crippen LogP contribution in [0.1, 0.15) is 43.6 Å². The molecule has 3 aromatic rings. The third-order valence-electron chi connectivity index (χ3n) is 6.18. The number of methoxy groups -OCH3 is 2. The van der Waals surface area contributed by atoms with E-state index in [1.807, 2.05) is 18.2 Å². The number of esters is 2. The minimum absolute atomic E-state index is 0.158. The molecular formula is C29H30N2O10S. The molecule has 2 heterocycles. The molecule has 1 aliphatic heterocycles. The Balaban J connectivity index is 1.36. The van der Waals surface area contributed by atoms with Crippen LogP contribution in [0.5, 0.6) is 23.0 Å². The molecule has 12 nitrogen and oxygen atoms in total. The third-order valence-corrected chi connectivity index (χ3v) is 7.39. The Labute approximate surface area is 245 Å². The van der Waals surface area contributed by atoms with Gasteiger partial charge in [0.05, 0.1) is 26.4 Å². The lowest BCUT2D eigenvalue weighted by molar-refractivity contribution is -0.146. The molecule has 0 bridgehead atoms. The summed E-state index contributed by atoms with van der Waals surface area (Å²) in [6.45, 7) is 2.70. The molecule has 1 aliphatic rings. The molecule has 0 fully saturated rings. The van der Waals surface area contributed by atoms with Crippen molar-refractivity contribution >= 4 is 40.1 Å². The summed E-state index contributed by atoms with van der Waals surface area (Å²) >= 11 is 1.23. The number of rotatable bonds is 12. The number of amides is 2. The standard InChI is InChI=1S/C29H30N2O10S/c1-5-38-29(35)26-16(2)23(11-17-6-8-20-22(10-17)41-15-40-20)42-28(26)31-24(32)14-39-25(33)13-30-27(34)18-7-9-19(36-3)21(12-18)37-4/h6-10,12H,5,11,13-15H2,1-4H3,(H,30,34)(H,31,32). The van der Waals surface area contributed by atoms with E-state index in [1.54, 1.807) is 19.9 Å². The lowest BCUT2D eigenvalue weighted by atomic mass is 10.1. The summed E-state index contributed by atoms with van der Waals surface area (Å²) in [7, 11) is 2.91. The Hall–Kier alpha value is -4.78. The molecule has 2 aromatic carbocycles. The van der Waals surface area contributed by atoms with E-state index >= 15 is 0 Å². The van der Waals surface area contributed by atoms with Gasteiger partial charge in [-0.25, -0.2) is 4.79 Å². The van der Waals surface area contributed by atoms with Crippen LogP contribution in [-0.4, -0.2) is 64.5 Å². The van der Waals surface area contributed by atoms with Gasteiger partial charge in [-0.1, -0.05) is 6.07 Å². The van der Waals surface area contributed by atoms with Crippen LogP contribution in [0.3, 0.4) is 0 Å². The monoisotopic (exact) mass is 598 g/mol. The van der Waals surface area contributed by atoms with Gasteiger partial charge in [0.2, 0.25) is 6.79 Å². The number of hydrogen-bond donors (Lipinski definition) is 2. The highest BCUT2D eigenvalue weighted by Gasteiger charge is 2.25. The van der Waals surface area contributed by atoms with Gasteiger partial charge in [0, 0.05) is 16.9 Å². The number of hydrogen-bond acceptors (Lipinski definition) is 11. The molecule has 4 rings (SSSR count). The fourth-order valence-corrected chi connectivity index (χ4v) is 5.34. The first-order valence-electron chi connectivity index (χ1n) is 12.9. The van der Waals surface area contributed by atoms with Crippen molar-refractivity contribution in [2.45, 2.75) is 20.3 Å². The number of fused-ring (bicyclic) bond motifs is 1. The number of benzene rings is 2. The molecule has 1 aromatic heterocycles. The summed E-state index contributed by atoms with van der Waals surface area (Å²) in [5.74, 6) is -0.485. The average Bonchev–Trinajstić information content (AvgIpc) is 3.57. The second kappa shape index (κ2) is 13.7. The van der Waals surface area contributed by atoms with Crippen molar-refractivity contribution in [1.29, 1.82) is 0 Å². The summed E-state index contributed by atoms with van der Waals surface area (Å²) < 4.78 is 31.4. The normalized spacial score (nSPS) is 11.4. The number of thiophene rings is 1. The Morgan fingerprint density at radius 2 is 1.71 bits per heavy atom. The van der Waals surface area contributed by atoms with Gasteiger partial charge in [-0.3, -0.25) is 14.4 Å². The Morgan fingerprint density at radius 1 is 0.952 bits per heavy atom. The van der Waals surface area contributed by atoms with Gasteiger partial charge in [-0.15, -0.1) is 11.3 Å². The smallest absolute Gasteiger partial charge is 0.341 e. The van der Waals surface area contributed by atoms with Gasteiger partial charge in [0.15, 0.2) is 29.6 Å². The maximum absolute atomic E-state index is 12.8. The predicted molar refractivity (Wildman–Crippen MR) is 152 cm³/mol. The van der Waals surface area contributed by atoms with Crippen molar-refractivity contribution in [2.24, 2.45) is 0 Å². The van der Waals surface area contributed by atoms with Gasteiger partial charge in [-0.2, -0.15) is 0 Å². The third kappa shape index (κ3) is 7.10. The van der Waals surface area contributed by atoms with Crippen LogP contribution in [0.4, 0.5) is 5.00 Å². The van der Waals surface area contributed by atoms with Crippen molar-refractivity contribution in [3.8, 4) is 23.0 Å². The number of ether oxygens (including phenoxy) is 6. The molecule has 0 saturated heterocycles. The zero-order valence-corrected chi connectivity index (χ0v) is 24.3.